The number of hydrogen-bond acceptors (Lipinski definition) is 2. The number of aromatic carboxylic acids is 1. The molecule has 0 spiro atoms. The number of benzene rings is 2. The lowest BCUT2D eigenvalue weighted by Crippen LogP contribution is -2.01. The number of hydrogen-bond donors (Lipinski definition) is 1. The highest BCUT2D eigenvalue weighted by atomic mass is 79.9. The second-order valence-corrected chi connectivity index (χ2v) is 5.20. The molecule has 0 fully saturated rings. The molecule has 0 saturated heterocycles. The van der Waals surface area contributed by atoms with E-state index in [4.69, 9.17) is 4.74 Å². The lowest BCUT2D eigenvalue weighted by Gasteiger charge is -2.11. The van der Waals surface area contributed by atoms with E-state index in [2.05, 4.69) is 15.9 Å². The van der Waals surface area contributed by atoms with E-state index in [1.165, 1.54) is 0 Å². The van der Waals surface area contributed by atoms with Gasteiger partial charge in [-0.3, -0.25) is 0 Å². The van der Waals surface area contributed by atoms with E-state index < -0.39 is 5.97 Å². The highest BCUT2D eigenvalue weighted by Gasteiger charge is 2.15. The van der Waals surface area contributed by atoms with Crippen molar-refractivity contribution in [2.45, 2.75) is 13.8 Å². The number of rotatable bonds is 3. The van der Waals surface area contributed by atoms with Crippen LogP contribution in [0, 0.1) is 13.8 Å². The molecule has 1 N–H and O–H groups in total. The zero-order chi connectivity index (χ0) is 14.0. The van der Waals surface area contributed by atoms with Gasteiger partial charge in [0.05, 0.1) is 0 Å². The minimum absolute atomic E-state index is 0.127. The number of carbonyl (C=O) groups is 1. The first-order chi connectivity index (χ1) is 8.97. The minimum atomic E-state index is -1.02. The molecule has 0 unspecified atom stereocenters. The maximum Gasteiger partial charge on any atom is 0.340 e. The van der Waals surface area contributed by atoms with Gasteiger partial charge in [-0.15, -0.1) is 0 Å². The summed E-state index contributed by atoms with van der Waals surface area (Å²) in [6.45, 7) is 3.94. The summed E-state index contributed by atoms with van der Waals surface area (Å²) in [6.07, 6.45) is 0. The van der Waals surface area contributed by atoms with Gasteiger partial charge < -0.3 is 9.84 Å². The van der Waals surface area contributed by atoms with E-state index in [1.807, 2.05) is 32.0 Å². The summed E-state index contributed by atoms with van der Waals surface area (Å²) >= 11 is 3.23. The maximum atomic E-state index is 11.3. The Labute approximate surface area is 120 Å². The van der Waals surface area contributed by atoms with Crippen LogP contribution in [-0.2, 0) is 0 Å². The van der Waals surface area contributed by atoms with E-state index in [1.54, 1.807) is 18.2 Å². The van der Waals surface area contributed by atoms with Crippen LogP contribution in [0.15, 0.2) is 40.9 Å². The van der Waals surface area contributed by atoms with Gasteiger partial charge in [-0.1, -0.05) is 12.1 Å². The molecular weight excluding hydrogens is 308 g/mol. The van der Waals surface area contributed by atoms with Gasteiger partial charge in [-0.2, -0.15) is 0 Å². The molecule has 0 aliphatic heterocycles. The summed E-state index contributed by atoms with van der Waals surface area (Å²) < 4.78 is 6.20. The van der Waals surface area contributed by atoms with Crippen LogP contribution in [0.4, 0.5) is 0 Å². The molecule has 0 aliphatic rings. The Bertz CT molecular complexity index is 615. The molecule has 2 rings (SSSR count). The van der Waals surface area contributed by atoms with Gasteiger partial charge in [0.15, 0.2) is 0 Å². The first-order valence-corrected chi connectivity index (χ1v) is 6.54. The monoisotopic (exact) mass is 320 g/mol. The summed E-state index contributed by atoms with van der Waals surface area (Å²) in [4.78, 5) is 11.3. The summed E-state index contributed by atoms with van der Waals surface area (Å²) in [5.74, 6) is -0.0585. The Kier molecular flexibility index (Phi) is 3.90. The van der Waals surface area contributed by atoms with Crippen LogP contribution in [0.25, 0.3) is 0 Å². The van der Waals surface area contributed by atoms with E-state index in [-0.39, 0.29) is 5.56 Å². The zero-order valence-electron chi connectivity index (χ0n) is 10.6. The van der Waals surface area contributed by atoms with Gasteiger partial charge in [0.1, 0.15) is 17.1 Å². The average Bonchev–Trinajstić information content (AvgIpc) is 2.26. The second kappa shape index (κ2) is 5.45. The summed E-state index contributed by atoms with van der Waals surface area (Å²) in [5, 5.41) is 9.22. The first kappa shape index (κ1) is 13.6. The smallest absolute Gasteiger partial charge is 0.340 e. The van der Waals surface area contributed by atoms with Crippen LogP contribution in [-0.4, -0.2) is 11.1 Å². The average molecular weight is 321 g/mol. The minimum Gasteiger partial charge on any atom is -0.478 e. The van der Waals surface area contributed by atoms with Crippen molar-refractivity contribution in [3.63, 3.8) is 0 Å². The van der Waals surface area contributed by atoms with E-state index in [9.17, 15) is 9.90 Å². The molecule has 0 atom stereocenters. The third kappa shape index (κ3) is 3.15. The Morgan fingerprint density at radius 3 is 2.37 bits per heavy atom. The fourth-order valence-electron chi connectivity index (χ4n) is 1.92. The van der Waals surface area contributed by atoms with E-state index in [0.717, 1.165) is 11.1 Å². The molecule has 0 bridgehead atoms. The van der Waals surface area contributed by atoms with Crippen molar-refractivity contribution in [1.29, 1.82) is 0 Å². The number of aryl methyl sites for hydroxylation is 2. The Balaban J connectivity index is 2.43. The number of halogens is 1. The van der Waals surface area contributed by atoms with Crippen LogP contribution >= 0.6 is 15.9 Å². The predicted octanol–water partition coefficient (Wildman–Crippen LogP) is 4.56. The summed E-state index contributed by atoms with van der Waals surface area (Å²) in [7, 11) is 0. The highest BCUT2D eigenvalue weighted by molar-refractivity contribution is 9.10. The van der Waals surface area contributed by atoms with Crippen LogP contribution in [0.1, 0.15) is 21.5 Å². The number of carboxylic acid groups (broad SMARTS) is 1. The van der Waals surface area contributed by atoms with Gasteiger partial charge in [0.25, 0.3) is 0 Å². The summed E-state index contributed by atoms with van der Waals surface area (Å²) in [5.41, 5.74) is 2.27. The second-order valence-electron chi connectivity index (χ2n) is 4.34. The third-order valence-corrected chi connectivity index (χ3v) is 3.27. The lowest BCUT2D eigenvalue weighted by molar-refractivity contribution is 0.0693. The molecular formula is C15H13BrO3. The van der Waals surface area contributed by atoms with Gasteiger partial charge in [0.2, 0.25) is 0 Å². The quantitative estimate of drug-likeness (QED) is 0.902. The van der Waals surface area contributed by atoms with Crippen molar-refractivity contribution in [2.75, 3.05) is 0 Å². The van der Waals surface area contributed by atoms with Crippen molar-refractivity contribution in [1.82, 2.24) is 0 Å². The Morgan fingerprint density at radius 2 is 1.79 bits per heavy atom. The molecule has 2 aromatic carbocycles. The predicted molar refractivity (Wildman–Crippen MR) is 77.1 cm³/mol. The van der Waals surface area contributed by atoms with Crippen molar-refractivity contribution in [3.05, 3.63) is 57.6 Å². The zero-order valence-corrected chi connectivity index (χ0v) is 12.2. The molecule has 19 heavy (non-hydrogen) atoms. The molecule has 0 saturated carbocycles. The van der Waals surface area contributed by atoms with Crippen molar-refractivity contribution >= 4 is 21.9 Å². The molecule has 3 nitrogen and oxygen atoms in total. The SMILES string of the molecule is Cc1cc(C)cc(Oc2cccc(Br)c2C(=O)O)c1. The molecule has 0 amide bonds. The third-order valence-electron chi connectivity index (χ3n) is 2.61. The topological polar surface area (TPSA) is 46.5 Å². The molecule has 2 aromatic rings. The first-order valence-electron chi connectivity index (χ1n) is 5.75. The normalized spacial score (nSPS) is 10.3. The van der Waals surface area contributed by atoms with Gasteiger partial charge >= 0.3 is 5.97 Å². The van der Waals surface area contributed by atoms with Crippen molar-refractivity contribution in [3.8, 4) is 11.5 Å². The number of ether oxygens (including phenoxy) is 1. The van der Waals surface area contributed by atoms with Crippen LogP contribution in [0.5, 0.6) is 11.5 Å². The standard InChI is InChI=1S/C15H13BrO3/c1-9-6-10(2)8-11(7-9)19-13-5-3-4-12(16)14(13)15(17)18/h3-8H,1-2H3,(H,17,18). The molecule has 0 heterocycles. The van der Waals surface area contributed by atoms with Crippen LogP contribution in [0.3, 0.4) is 0 Å². The lowest BCUT2D eigenvalue weighted by atomic mass is 10.1. The molecule has 0 aliphatic carbocycles. The fourth-order valence-corrected chi connectivity index (χ4v) is 2.43. The van der Waals surface area contributed by atoms with Crippen molar-refractivity contribution in [2.24, 2.45) is 0 Å². The summed E-state index contributed by atoms with van der Waals surface area (Å²) in [6, 6.07) is 10.9. The van der Waals surface area contributed by atoms with Gasteiger partial charge in [0, 0.05) is 4.47 Å². The molecule has 4 heteroatoms. The van der Waals surface area contributed by atoms with Gasteiger partial charge in [-0.05, 0) is 65.2 Å². The van der Waals surface area contributed by atoms with Crippen LogP contribution in [0.2, 0.25) is 0 Å². The Morgan fingerprint density at radius 1 is 1.16 bits per heavy atom. The Hall–Kier alpha value is -1.81. The number of carboxylic acids is 1. The molecule has 0 radical (unpaired) electrons. The van der Waals surface area contributed by atoms with Gasteiger partial charge in [-0.25, -0.2) is 4.79 Å². The largest absolute Gasteiger partial charge is 0.478 e. The van der Waals surface area contributed by atoms with E-state index >= 15 is 0 Å². The van der Waals surface area contributed by atoms with Crippen molar-refractivity contribution < 1.29 is 14.6 Å². The fraction of sp³-hybridized carbons (Fsp3) is 0.133. The van der Waals surface area contributed by atoms with Crippen LogP contribution < -0.4 is 4.74 Å². The highest BCUT2D eigenvalue weighted by Crippen LogP contribution is 2.31. The maximum absolute atomic E-state index is 11.3. The van der Waals surface area contributed by atoms with E-state index in [0.29, 0.717) is 16.0 Å². The molecule has 98 valence electrons. The molecule has 0 aromatic heterocycles.